The zero-order valence-electron chi connectivity index (χ0n) is 10.7. The van der Waals surface area contributed by atoms with Crippen molar-refractivity contribution < 1.29 is 4.92 Å². The number of hydrogen-bond acceptors (Lipinski definition) is 2. The van der Waals surface area contributed by atoms with E-state index in [0.717, 1.165) is 38.5 Å². The lowest BCUT2D eigenvalue weighted by atomic mass is 10.1. The van der Waals surface area contributed by atoms with Crippen LogP contribution < -0.4 is 0 Å². The number of nitrogens with zero attached hydrogens (tertiary/aromatic N) is 1. The SMILES string of the molecule is CCCCC/C=C(\CCCCCC)[N+](=O)[O-]. The van der Waals surface area contributed by atoms with E-state index in [-0.39, 0.29) is 4.92 Å². The molecule has 0 unspecified atom stereocenters. The largest absolute Gasteiger partial charge is 0.259 e. The van der Waals surface area contributed by atoms with Crippen molar-refractivity contribution in [2.75, 3.05) is 0 Å². The molecular formula is C13H25NO2. The first-order chi connectivity index (χ1) is 7.72. The Labute approximate surface area is 99.1 Å². The van der Waals surface area contributed by atoms with Crippen LogP contribution in [0.4, 0.5) is 0 Å². The maximum absolute atomic E-state index is 10.8. The highest BCUT2D eigenvalue weighted by Crippen LogP contribution is 2.12. The van der Waals surface area contributed by atoms with Crippen LogP contribution in [-0.2, 0) is 0 Å². The molecule has 0 bridgehead atoms. The van der Waals surface area contributed by atoms with Crippen molar-refractivity contribution in [2.24, 2.45) is 0 Å². The van der Waals surface area contributed by atoms with E-state index in [1.165, 1.54) is 12.8 Å². The van der Waals surface area contributed by atoms with Crippen molar-refractivity contribution in [3.63, 3.8) is 0 Å². The fourth-order valence-corrected chi connectivity index (χ4v) is 1.66. The van der Waals surface area contributed by atoms with Gasteiger partial charge in [0.05, 0.1) is 4.92 Å². The van der Waals surface area contributed by atoms with Crippen molar-refractivity contribution in [2.45, 2.75) is 71.6 Å². The lowest BCUT2D eigenvalue weighted by Gasteiger charge is -1.99. The molecule has 0 amide bonds. The van der Waals surface area contributed by atoms with Crippen molar-refractivity contribution in [3.05, 3.63) is 21.9 Å². The van der Waals surface area contributed by atoms with Crippen molar-refractivity contribution in [1.82, 2.24) is 0 Å². The van der Waals surface area contributed by atoms with Gasteiger partial charge >= 0.3 is 0 Å². The molecule has 0 fully saturated rings. The van der Waals surface area contributed by atoms with Crippen LogP contribution in [0.5, 0.6) is 0 Å². The maximum atomic E-state index is 10.8. The summed E-state index contributed by atoms with van der Waals surface area (Å²) in [5.41, 5.74) is 0.423. The molecule has 0 spiro atoms. The van der Waals surface area contributed by atoms with Crippen LogP contribution in [0.2, 0.25) is 0 Å². The summed E-state index contributed by atoms with van der Waals surface area (Å²) in [5, 5.41) is 10.8. The average Bonchev–Trinajstić information content (AvgIpc) is 2.26. The van der Waals surface area contributed by atoms with Crippen LogP contribution in [0.25, 0.3) is 0 Å². The van der Waals surface area contributed by atoms with Crippen LogP contribution >= 0.6 is 0 Å². The molecule has 0 radical (unpaired) electrons. The van der Waals surface area contributed by atoms with Gasteiger partial charge in [-0.05, 0) is 25.3 Å². The highest BCUT2D eigenvalue weighted by Gasteiger charge is 2.08. The molecule has 16 heavy (non-hydrogen) atoms. The molecule has 0 aliphatic rings. The van der Waals surface area contributed by atoms with E-state index in [1.54, 1.807) is 0 Å². The molecule has 3 nitrogen and oxygen atoms in total. The van der Waals surface area contributed by atoms with Crippen LogP contribution in [0, 0.1) is 10.1 Å². The third-order valence-electron chi connectivity index (χ3n) is 2.71. The van der Waals surface area contributed by atoms with Gasteiger partial charge in [-0.15, -0.1) is 0 Å². The third-order valence-corrected chi connectivity index (χ3v) is 2.71. The number of hydrogen-bond donors (Lipinski definition) is 0. The van der Waals surface area contributed by atoms with Crippen molar-refractivity contribution >= 4 is 0 Å². The summed E-state index contributed by atoms with van der Waals surface area (Å²) in [5.74, 6) is 0. The van der Waals surface area contributed by atoms with Crippen molar-refractivity contribution in [1.29, 1.82) is 0 Å². The molecule has 0 aromatic heterocycles. The Balaban J connectivity index is 3.82. The van der Waals surface area contributed by atoms with Gasteiger partial charge in [0.25, 0.3) is 0 Å². The summed E-state index contributed by atoms with van der Waals surface area (Å²) in [6, 6.07) is 0. The van der Waals surface area contributed by atoms with Gasteiger partial charge in [0.1, 0.15) is 0 Å². The first kappa shape index (κ1) is 15.1. The van der Waals surface area contributed by atoms with Crippen LogP contribution in [0.3, 0.4) is 0 Å². The molecule has 0 rings (SSSR count). The summed E-state index contributed by atoms with van der Waals surface area (Å²) >= 11 is 0. The number of nitro groups is 1. The first-order valence-electron chi connectivity index (χ1n) is 6.55. The molecule has 0 atom stereocenters. The van der Waals surface area contributed by atoms with Gasteiger partial charge in [0, 0.05) is 6.42 Å². The molecule has 0 aliphatic heterocycles. The number of allylic oxidation sites excluding steroid dienone is 2. The van der Waals surface area contributed by atoms with E-state index in [4.69, 9.17) is 0 Å². The van der Waals surface area contributed by atoms with Gasteiger partial charge in [-0.3, -0.25) is 10.1 Å². The molecule has 0 aliphatic carbocycles. The molecule has 0 heterocycles. The fourth-order valence-electron chi connectivity index (χ4n) is 1.66. The highest BCUT2D eigenvalue weighted by molar-refractivity contribution is 4.91. The predicted molar refractivity (Wildman–Crippen MR) is 68.0 cm³/mol. The van der Waals surface area contributed by atoms with Crippen LogP contribution in [-0.4, -0.2) is 4.92 Å². The monoisotopic (exact) mass is 227 g/mol. The van der Waals surface area contributed by atoms with E-state index in [0.29, 0.717) is 12.1 Å². The minimum atomic E-state index is -0.210. The zero-order valence-corrected chi connectivity index (χ0v) is 10.7. The summed E-state index contributed by atoms with van der Waals surface area (Å²) in [4.78, 5) is 10.6. The Kier molecular flexibility index (Phi) is 10.1. The summed E-state index contributed by atoms with van der Waals surface area (Å²) in [7, 11) is 0. The minimum absolute atomic E-state index is 0.210. The topological polar surface area (TPSA) is 43.1 Å². The van der Waals surface area contributed by atoms with E-state index in [1.807, 2.05) is 6.08 Å². The normalized spacial score (nSPS) is 11.8. The van der Waals surface area contributed by atoms with Crippen LogP contribution in [0.15, 0.2) is 11.8 Å². The molecule has 3 heteroatoms. The Bertz CT molecular complexity index is 212. The van der Waals surface area contributed by atoms with Gasteiger partial charge in [-0.2, -0.15) is 0 Å². The first-order valence-corrected chi connectivity index (χ1v) is 6.55. The second-order valence-electron chi connectivity index (χ2n) is 4.26. The quantitative estimate of drug-likeness (QED) is 0.308. The molecule has 0 saturated heterocycles. The molecule has 94 valence electrons. The lowest BCUT2D eigenvalue weighted by molar-refractivity contribution is -0.428. The average molecular weight is 227 g/mol. The predicted octanol–water partition coefficient (Wildman–Crippen LogP) is 4.70. The Hall–Kier alpha value is -0.860. The molecule has 0 N–H and O–H groups in total. The third kappa shape index (κ3) is 8.45. The summed E-state index contributed by atoms with van der Waals surface area (Å²) in [6.45, 7) is 4.29. The number of unbranched alkanes of at least 4 members (excludes halogenated alkanes) is 6. The molecular weight excluding hydrogens is 202 g/mol. The van der Waals surface area contributed by atoms with E-state index >= 15 is 0 Å². The minimum Gasteiger partial charge on any atom is -0.259 e. The van der Waals surface area contributed by atoms with Gasteiger partial charge in [-0.25, -0.2) is 0 Å². The van der Waals surface area contributed by atoms with Gasteiger partial charge in [-0.1, -0.05) is 46.0 Å². The molecule has 0 aromatic rings. The lowest BCUT2D eigenvalue weighted by Crippen LogP contribution is -1.99. The van der Waals surface area contributed by atoms with E-state index < -0.39 is 0 Å². The summed E-state index contributed by atoms with van der Waals surface area (Å²) < 4.78 is 0. The smallest absolute Gasteiger partial charge is 0.242 e. The second-order valence-corrected chi connectivity index (χ2v) is 4.26. The van der Waals surface area contributed by atoms with Crippen molar-refractivity contribution in [3.8, 4) is 0 Å². The van der Waals surface area contributed by atoms with Gasteiger partial charge in [0.15, 0.2) is 0 Å². The molecule has 0 saturated carbocycles. The second kappa shape index (κ2) is 10.7. The summed E-state index contributed by atoms with van der Waals surface area (Å²) in [6.07, 6.45) is 11.1. The van der Waals surface area contributed by atoms with E-state index in [2.05, 4.69) is 13.8 Å². The number of rotatable bonds is 10. The zero-order chi connectivity index (χ0) is 12.2. The molecule has 0 aromatic carbocycles. The van der Waals surface area contributed by atoms with Gasteiger partial charge < -0.3 is 0 Å². The van der Waals surface area contributed by atoms with Gasteiger partial charge in [0.2, 0.25) is 5.70 Å². The standard InChI is InChI=1S/C13H25NO2/c1-3-5-7-9-11-13(14(15)16)12-10-8-6-4-2/h11H,3-10,12H2,1-2H3/b13-11+. The van der Waals surface area contributed by atoms with E-state index in [9.17, 15) is 10.1 Å². The Morgan fingerprint density at radius 1 is 1.06 bits per heavy atom. The Morgan fingerprint density at radius 3 is 2.25 bits per heavy atom. The Morgan fingerprint density at radius 2 is 1.69 bits per heavy atom. The van der Waals surface area contributed by atoms with Crippen LogP contribution in [0.1, 0.15) is 71.6 Å². The fraction of sp³-hybridized carbons (Fsp3) is 0.846. The highest BCUT2D eigenvalue weighted by atomic mass is 16.6. The maximum Gasteiger partial charge on any atom is 0.242 e.